The van der Waals surface area contributed by atoms with Gasteiger partial charge in [0, 0.05) is 24.8 Å². The zero-order valence-electron chi connectivity index (χ0n) is 9.92. The van der Waals surface area contributed by atoms with Gasteiger partial charge in [-0.05, 0) is 43.4 Å². The van der Waals surface area contributed by atoms with Crippen LogP contribution in [0.3, 0.4) is 0 Å². The maximum Gasteiger partial charge on any atom is 0.125 e. The molecule has 1 fully saturated rings. The molecule has 92 valence electrons. The van der Waals surface area contributed by atoms with E-state index >= 15 is 0 Å². The van der Waals surface area contributed by atoms with Crippen LogP contribution in [-0.2, 0) is 4.74 Å². The summed E-state index contributed by atoms with van der Waals surface area (Å²) in [6.07, 6.45) is 4.99. The SMILES string of the molecule is Fc1ccc2c(c1)NCCC2C1CCCCO1. The van der Waals surface area contributed by atoms with Gasteiger partial charge in [-0.1, -0.05) is 6.07 Å². The van der Waals surface area contributed by atoms with Gasteiger partial charge in [-0.25, -0.2) is 4.39 Å². The highest BCUT2D eigenvalue weighted by molar-refractivity contribution is 5.55. The van der Waals surface area contributed by atoms with Gasteiger partial charge >= 0.3 is 0 Å². The van der Waals surface area contributed by atoms with Crippen LogP contribution < -0.4 is 5.32 Å². The summed E-state index contributed by atoms with van der Waals surface area (Å²) in [5.74, 6) is 0.272. The average Bonchev–Trinajstić information content (AvgIpc) is 2.39. The second kappa shape index (κ2) is 4.65. The maximum atomic E-state index is 13.2. The molecule has 3 rings (SSSR count). The van der Waals surface area contributed by atoms with Gasteiger partial charge in [0.05, 0.1) is 6.10 Å². The van der Waals surface area contributed by atoms with E-state index in [1.807, 2.05) is 6.07 Å². The minimum absolute atomic E-state index is 0.165. The average molecular weight is 235 g/mol. The van der Waals surface area contributed by atoms with Gasteiger partial charge in [-0.3, -0.25) is 0 Å². The van der Waals surface area contributed by atoms with E-state index in [1.165, 1.54) is 18.4 Å². The fourth-order valence-corrected chi connectivity index (χ4v) is 2.99. The standard InChI is InChI=1S/C14H18FNO/c15-10-4-5-11-12(6-7-16-13(11)9-10)14-3-1-2-8-17-14/h4-5,9,12,14,16H,1-3,6-8H2. The van der Waals surface area contributed by atoms with Crippen LogP contribution in [0.5, 0.6) is 0 Å². The Balaban J connectivity index is 1.88. The van der Waals surface area contributed by atoms with E-state index in [1.54, 1.807) is 12.1 Å². The van der Waals surface area contributed by atoms with Crippen molar-refractivity contribution in [3.63, 3.8) is 0 Å². The molecule has 2 atom stereocenters. The van der Waals surface area contributed by atoms with Crippen molar-refractivity contribution in [2.24, 2.45) is 0 Å². The Labute approximate surface area is 101 Å². The van der Waals surface area contributed by atoms with Crippen LogP contribution in [0, 0.1) is 5.82 Å². The second-order valence-electron chi connectivity index (χ2n) is 4.96. The van der Waals surface area contributed by atoms with E-state index in [0.29, 0.717) is 12.0 Å². The van der Waals surface area contributed by atoms with Crippen molar-refractivity contribution >= 4 is 5.69 Å². The van der Waals surface area contributed by atoms with Crippen molar-refractivity contribution in [1.82, 2.24) is 0 Å². The molecule has 1 aromatic rings. The highest BCUT2D eigenvalue weighted by Crippen LogP contribution is 2.38. The number of anilines is 1. The Hall–Kier alpha value is -1.09. The lowest BCUT2D eigenvalue weighted by molar-refractivity contribution is -0.00264. The lowest BCUT2D eigenvalue weighted by Gasteiger charge is -2.35. The first-order valence-corrected chi connectivity index (χ1v) is 6.49. The maximum absolute atomic E-state index is 13.2. The van der Waals surface area contributed by atoms with Crippen molar-refractivity contribution in [2.45, 2.75) is 37.7 Å². The summed E-state index contributed by atoms with van der Waals surface area (Å²) >= 11 is 0. The normalized spacial score (nSPS) is 28.3. The van der Waals surface area contributed by atoms with Gasteiger partial charge in [0.15, 0.2) is 0 Å². The number of ether oxygens (including phenoxy) is 1. The summed E-state index contributed by atoms with van der Waals surface area (Å²) in [6.45, 7) is 1.80. The lowest BCUT2D eigenvalue weighted by atomic mass is 9.83. The monoisotopic (exact) mass is 235 g/mol. The summed E-state index contributed by atoms with van der Waals surface area (Å²) in [7, 11) is 0. The van der Waals surface area contributed by atoms with Gasteiger partial charge in [-0.15, -0.1) is 0 Å². The molecule has 0 bridgehead atoms. The van der Waals surface area contributed by atoms with E-state index < -0.39 is 0 Å². The minimum Gasteiger partial charge on any atom is -0.385 e. The Bertz CT molecular complexity index is 401. The summed E-state index contributed by atoms with van der Waals surface area (Å²) in [4.78, 5) is 0. The van der Waals surface area contributed by atoms with Crippen molar-refractivity contribution in [3.8, 4) is 0 Å². The first-order valence-electron chi connectivity index (χ1n) is 6.49. The topological polar surface area (TPSA) is 21.3 Å². The molecule has 17 heavy (non-hydrogen) atoms. The molecule has 2 nitrogen and oxygen atoms in total. The summed E-state index contributed by atoms with van der Waals surface area (Å²) in [5.41, 5.74) is 2.18. The van der Waals surface area contributed by atoms with Crippen LogP contribution in [0.1, 0.15) is 37.2 Å². The van der Waals surface area contributed by atoms with Crippen LogP contribution in [0.25, 0.3) is 0 Å². The largest absolute Gasteiger partial charge is 0.385 e. The number of nitrogens with one attached hydrogen (secondary N) is 1. The molecule has 0 aliphatic carbocycles. The smallest absolute Gasteiger partial charge is 0.125 e. The van der Waals surface area contributed by atoms with Crippen molar-refractivity contribution in [1.29, 1.82) is 0 Å². The van der Waals surface area contributed by atoms with Crippen LogP contribution in [0.2, 0.25) is 0 Å². The van der Waals surface area contributed by atoms with E-state index in [0.717, 1.165) is 31.7 Å². The first kappa shape index (κ1) is 11.0. The molecule has 2 unspecified atom stereocenters. The predicted molar refractivity (Wildman–Crippen MR) is 65.8 cm³/mol. The predicted octanol–water partition coefficient (Wildman–Crippen LogP) is 3.29. The summed E-state index contributed by atoms with van der Waals surface area (Å²) < 4.78 is 19.1. The molecule has 0 aromatic heterocycles. The van der Waals surface area contributed by atoms with Gasteiger partial charge in [0.25, 0.3) is 0 Å². The van der Waals surface area contributed by atoms with Gasteiger partial charge < -0.3 is 10.1 Å². The zero-order valence-corrected chi connectivity index (χ0v) is 9.92. The first-order chi connectivity index (χ1) is 8.34. The van der Waals surface area contributed by atoms with Gasteiger partial charge in [0.1, 0.15) is 5.82 Å². The highest BCUT2D eigenvalue weighted by Gasteiger charge is 2.29. The van der Waals surface area contributed by atoms with E-state index in [9.17, 15) is 4.39 Å². The number of fused-ring (bicyclic) bond motifs is 1. The summed E-state index contributed by atoms with van der Waals surface area (Å²) in [5, 5.41) is 3.28. The van der Waals surface area contributed by atoms with E-state index in [2.05, 4.69) is 5.32 Å². The molecule has 1 N–H and O–H groups in total. The van der Waals surface area contributed by atoms with Crippen molar-refractivity contribution < 1.29 is 9.13 Å². The molecular formula is C14H18FNO. The molecule has 0 saturated carbocycles. The molecule has 0 radical (unpaired) electrons. The third kappa shape index (κ3) is 2.16. The molecule has 0 spiro atoms. The van der Waals surface area contributed by atoms with Crippen molar-refractivity contribution in [2.75, 3.05) is 18.5 Å². The number of hydrogen-bond donors (Lipinski definition) is 1. The Morgan fingerprint density at radius 3 is 3.00 bits per heavy atom. The minimum atomic E-state index is -0.165. The third-order valence-electron chi connectivity index (χ3n) is 3.85. The molecule has 0 amide bonds. The van der Waals surface area contributed by atoms with Crippen LogP contribution in [0.4, 0.5) is 10.1 Å². The van der Waals surface area contributed by atoms with Crippen LogP contribution >= 0.6 is 0 Å². The second-order valence-corrected chi connectivity index (χ2v) is 4.96. The molecular weight excluding hydrogens is 217 g/mol. The Morgan fingerprint density at radius 2 is 2.18 bits per heavy atom. The quantitative estimate of drug-likeness (QED) is 0.806. The molecule has 1 aromatic carbocycles. The van der Waals surface area contributed by atoms with Gasteiger partial charge in [-0.2, -0.15) is 0 Å². The molecule has 1 saturated heterocycles. The lowest BCUT2D eigenvalue weighted by Crippen LogP contribution is -2.31. The fourth-order valence-electron chi connectivity index (χ4n) is 2.99. The highest BCUT2D eigenvalue weighted by atomic mass is 19.1. The van der Waals surface area contributed by atoms with Crippen LogP contribution in [0.15, 0.2) is 18.2 Å². The zero-order chi connectivity index (χ0) is 11.7. The molecule has 2 aliphatic heterocycles. The van der Waals surface area contributed by atoms with Crippen molar-refractivity contribution in [3.05, 3.63) is 29.6 Å². The number of hydrogen-bond acceptors (Lipinski definition) is 2. The van der Waals surface area contributed by atoms with E-state index in [-0.39, 0.29) is 5.82 Å². The number of halogens is 1. The Morgan fingerprint density at radius 1 is 1.24 bits per heavy atom. The molecule has 2 aliphatic rings. The fraction of sp³-hybridized carbons (Fsp3) is 0.571. The molecule has 2 heterocycles. The number of benzene rings is 1. The third-order valence-corrected chi connectivity index (χ3v) is 3.85. The Kier molecular flexibility index (Phi) is 3.02. The number of rotatable bonds is 1. The summed E-state index contributed by atoms with van der Waals surface area (Å²) in [6, 6.07) is 5.07. The van der Waals surface area contributed by atoms with E-state index in [4.69, 9.17) is 4.74 Å². The van der Waals surface area contributed by atoms with Gasteiger partial charge in [0.2, 0.25) is 0 Å². The van der Waals surface area contributed by atoms with Crippen LogP contribution in [-0.4, -0.2) is 19.3 Å². The molecule has 3 heteroatoms.